The molecule has 1 aromatic heterocycles. The summed E-state index contributed by atoms with van der Waals surface area (Å²) in [6.07, 6.45) is 2.38. The standard InChI is InChI=1S/C19H24N6S/c1-14-13-17(22-18(20-14)23-19(26)21-15-7-8-15)25-11-9-24(10-12-25)16-5-3-2-4-6-16/h2-6,13,15H,7-12H2,1H3,(H2,20,21,22,23,26). The molecule has 0 bridgehead atoms. The van der Waals surface area contributed by atoms with Gasteiger partial charge in [0.1, 0.15) is 5.82 Å². The number of para-hydroxylation sites is 1. The third kappa shape index (κ3) is 4.22. The van der Waals surface area contributed by atoms with Crippen molar-refractivity contribution in [2.24, 2.45) is 0 Å². The summed E-state index contributed by atoms with van der Waals surface area (Å²) in [7, 11) is 0. The smallest absolute Gasteiger partial charge is 0.231 e. The summed E-state index contributed by atoms with van der Waals surface area (Å²) in [6.45, 7) is 5.84. The Kier molecular flexibility index (Phi) is 4.88. The molecule has 0 atom stereocenters. The first kappa shape index (κ1) is 17.0. The molecule has 2 heterocycles. The van der Waals surface area contributed by atoms with Crippen LogP contribution >= 0.6 is 12.2 Å². The number of anilines is 3. The van der Waals surface area contributed by atoms with Crippen LogP contribution in [0.1, 0.15) is 18.5 Å². The van der Waals surface area contributed by atoms with Crippen molar-refractivity contribution >= 4 is 34.8 Å². The van der Waals surface area contributed by atoms with Crippen molar-refractivity contribution in [3.8, 4) is 0 Å². The van der Waals surface area contributed by atoms with Crippen LogP contribution in [-0.2, 0) is 0 Å². The predicted octanol–water partition coefficient (Wildman–Crippen LogP) is 2.56. The lowest BCUT2D eigenvalue weighted by atomic mass is 10.2. The van der Waals surface area contributed by atoms with E-state index >= 15 is 0 Å². The van der Waals surface area contributed by atoms with Gasteiger partial charge in [-0.3, -0.25) is 0 Å². The number of aromatic nitrogens is 2. The topological polar surface area (TPSA) is 56.3 Å². The second kappa shape index (κ2) is 7.45. The molecule has 1 aliphatic heterocycles. The lowest BCUT2D eigenvalue weighted by molar-refractivity contribution is 0.647. The van der Waals surface area contributed by atoms with Crippen molar-refractivity contribution in [3.05, 3.63) is 42.1 Å². The zero-order chi connectivity index (χ0) is 17.9. The highest BCUT2D eigenvalue weighted by atomic mass is 32.1. The summed E-state index contributed by atoms with van der Waals surface area (Å²) < 4.78 is 0. The van der Waals surface area contributed by atoms with E-state index in [0.29, 0.717) is 17.1 Å². The Bertz CT molecular complexity index is 769. The van der Waals surface area contributed by atoms with Crippen LogP contribution in [-0.4, -0.2) is 47.3 Å². The van der Waals surface area contributed by atoms with E-state index in [2.05, 4.69) is 60.7 Å². The first-order chi connectivity index (χ1) is 12.7. The van der Waals surface area contributed by atoms with Crippen molar-refractivity contribution in [1.29, 1.82) is 0 Å². The van der Waals surface area contributed by atoms with Crippen molar-refractivity contribution < 1.29 is 0 Å². The molecule has 1 saturated carbocycles. The Morgan fingerprint density at radius 2 is 1.73 bits per heavy atom. The fraction of sp³-hybridized carbons (Fsp3) is 0.421. The Labute approximate surface area is 159 Å². The Morgan fingerprint density at radius 3 is 2.42 bits per heavy atom. The number of hydrogen-bond donors (Lipinski definition) is 2. The first-order valence-corrected chi connectivity index (χ1v) is 9.56. The monoisotopic (exact) mass is 368 g/mol. The molecule has 6 nitrogen and oxygen atoms in total. The molecule has 4 rings (SSSR count). The number of hydrogen-bond acceptors (Lipinski definition) is 5. The molecule has 2 aliphatic rings. The molecule has 0 radical (unpaired) electrons. The van der Waals surface area contributed by atoms with Crippen LogP contribution in [0.25, 0.3) is 0 Å². The number of piperazine rings is 1. The molecule has 1 aliphatic carbocycles. The quantitative estimate of drug-likeness (QED) is 0.805. The van der Waals surface area contributed by atoms with Crippen molar-refractivity contribution in [1.82, 2.24) is 15.3 Å². The average Bonchev–Trinajstić information content (AvgIpc) is 3.46. The molecular formula is C19H24N6S. The van der Waals surface area contributed by atoms with E-state index in [0.717, 1.165) is 37.7 Å². The van der Waals surface area contributed by atoms with Crippen molar-refractivity contribution in [2.45, 2.75) is 25.8 Å². The van der Waals surface area contributed by atoms with Gasteiger partial charge >= 0.3 is 0 Å². The van der Waals surface area contributed by atoms with Crippen LogP contribution in [0, 0.1) is 6.92 Å². The fourth-order valence-electron chi connectivity index (χ4n) is 3.15. The van der Waals surface area contributed by atoms with Crippen molar-refractivity contribution in [2.75, 3.05) is 41.3 Å². The van der Waals surface area contributed by atoms with Gasteiger partial charge in [0.2, 0.25) is 5.95 Å². The van der Waals surface area contributed by atoms with Gasteiger partial charge in [-0.25, -0.2) is 4.98 Å². The molecule has 1 saturated heterocycles. The van der Waals surface area contributed by atoms with E-state index in [1.807, 2.05) is 13.0 Å². The number of benzene rings is 1. The SMILES string of the molecule is Cc1cc(N2CCN(c3ccccc3)CC2)nc(NC(=S)NC2CC2)n1. The summed E-state index contributed by atoms with van der Waals surface area (Å²) in [5.41, 5.74) is 2.22. The summed E-state index contributed by atoms with van der Waals surface area (Å²) in [5.74, 6) is 1.53. The zero-order valence-corrected chi connectivity index (χ0v) is 15.8. The van der Waals surface area contributed by atoms with Gasteiger partial charge in [-0.15, -0.1) is 0 Å². The van der Waals surface area contributed by atoms with Gasteiger partial charge in [0.25, 0.3) is 0 Å². The molecule has 0 spiro atoms. The largest absolute Gasteiger partial charge is 0.368 e. The molecular weight excluding hydrogens is 344 g/mol. The minimum absolute atomic E-state index is 0.519. The van der Waals surface area contributed by atoms with Gasteiger partial charge in [0, 0.05) is 49.7 Å². The maximum Gasteiger partial charge on any atom is 0.231 e. The fourth-order valence-corrected chi connectivity index (χ4v) is 3.41. The van der Waals surface area contributed by atoms with E-state index in [4.69, 9.17) is 12.2 Å². The number of nitrogens with one attached hydrogen (secondary N) is 2. The molecule has 0 unspecified atom stereocenters. The maximum absolute atomic E-state index is 5.34. The van der Waals surface area contributed by atoms with Crippen LogP contribution in [0.5, 0.6) is 0 Å². The van der Waals surface area contributed by atoms with E-state index in [1.54, 1.807) is 0 Å². The zero-order valence-electron chi connectivity index (χ0n) is 15.0. The molecule has 7 heteroatoms. The Hall–Kier alpha value is -2.41. The summed E-state index contributed by atoms with van der Waals surface area (Å²) in [5, 5.41) is 7.00. The molecule has 2 fully saturated rings. The number of rotatable bonds is 4. The van der Waals surface area contributed by atoms with Gasteiger partial charge in [0.05, 0.1) is 0 Å². The first-order valence-electron chi connectivity index (χ1n) is 9.15. The van der Waals surface area contributed by atoms with E-state index < -0.39 is 0 Å². The third-order valence-electron chi connectivity index (χ3n) is 4.70. The second-order valence-electron chi connectivity index (χ2n) is 6.87. The highest BCUT2D eigenvalue weighted by molar-refractivity contribution is 7.80. The second-order valence-corrected chi connectivity index (χ2v) is 7.28. The molecule has 1 aromatic carbocycles. The normalized spacial score (nSPS) is 17.1. The summed E-state index contributed by atoms with van der Waals surface area (Å²) in [4.78, 5) is 13.9. The minimum atomic E-state index is 0.519. The summed E-state index contributed by atoms with van der Waals surface area (Å²) >= 11 is 5.34. The van der Waals surface area contributed by atoms with Crippen molar-refractivity contribution in [3.63, 3.8) is 0 Å². The Balaban J connectivity index is 1.40. The molecule has 26 heavy (non-hydrogen) atoms. The highest BCUT2D eigenvalue weighted by Gasteiger charge is 2.22. The minimum Gasteiger partial charge on any atom is -0.368 e. The van der Waals surface area contributed by atoms with Gasteiger partial charge in [-0.05, 0) is 44.1 Å². The maximum atomic E-state index is 5.34. The molecule has 136 valence electrons. The van der Waals surface area contributed by atoms with Crippen LogP contribution in [0.3, 0.4) is 0 Å². The van der Waals surface area contributed by atoms with E-state index in [9.17, 15) is 0 Å². The lowest BCUT2D eigenvalue weighted by Crippen LogP contribution is -2.47. The number of nitrogens with zero attached hydrogens (tertiary/aromatic N) is 4. The number of thiocarbonyl (C=S) groups is 1. The molecule has 0 amide bonds. The van der Waals surface area contributed by atoms with Gasteiger partial charge < -0.3 is 20.4 Å². The molecule has 2 aromatic rings. The lowest BCUT2D eigenvalue weighted by Gasteiger charge is -2.36. The number of aryl methyl sites for hydroxylation is 1. The van der Waals surface area contributed by atoms with Gasteiger partial charge in [-0.2, -0.15) is 4.98 Å². The van der Waals surface area contributed by atoms with E-state index in [1.165, 1.54) is 18.5 Å². The van der Waals surface area contributed by atoms with E-state index in [-0.39, 0.29) is 0 Å². The van der Waals surface area contributed by atoms with Crippen LogP contribution in [0.15, 0.2) is 36.4 Å². The molecule has 2 N–H and O–H groups in total. The third-order valence-corrected chi connectivity index (χ3v) is 4.92. The van der Waals surface area contributed by atoms with Crippen LogP contribution < -0.4 is 20.4 Å². The highest BCUT2D eigenvalue weighted by Crippen LogP contribution is 2.21. The average molecular weight is 369 g/mol. The van der Waals surface area contributed by atoms with Crippen LogP contribution in [0.4, 0.5) is 17.5 Å². The Morgan fingerprint density at radius 1 is 1.04 bits per heavy atom. The van der Waals surface area contributed by atoms with Gasteiger partial charge in [0.15, 0.2) is 5.11 Å². The van der Waals surface area contributed by atoms with Gasteiger partial charge in [-0.1, -0.05) is 18.2 Å². The van der Waals surface area contributed by atoms with Crippen LogP contribution in [0.2, 0.25) is 0 Å². The predicted molar refractivity (Wildman–Crippen MR) is 110 cm³/mol. The summed E-state index contributed by atoms with van der Waals surface area (Å²) in [6, 6.07) is 13.1.